The number of carbonyl (C=O) groups is 3. The van der Waals surface area contributed by atoms with Crippen LogP contribution in [0.2, 0.25) is 0 Å². The largest absolute Gasteiger partial charge is 0.459 e. The van der Waals surface area contributed by atoms with Crippen LogP contribution >= 0.6 is 0 Å². The SMILES string of the molecule is CO[C@H]1O[C@H](CO[C@@H]2C=CC(=O)[C@@H](CO[C@@H]3C=C[C@H](OC(=O)c4ccccc4)[C@@H](COC(=O)c4ccccc4)O3)O2)[C@@H](OCc2ccccc2)[C@H](OCc2ccccc2)[C@H]1OCc1ccccc1. The van der Waals surface area contributed by atoms with Gasteiger partial charge in [-0.25, -0.2) is 9.59 Å². The summed E-state index contributed by atoms with van der Waals surface area (Å²) in [6.45, 7) is 0.252. The molecular weight excluding hydrogens is 873 g/mol. The maximum Gasteiger partial charge on any atom is 0.338 e. The summed E-state index contributed by atoms with van der Waals surface area (Å²) in [6.07, 6.45) is -2.60. The second-order valence-corrected chi connectivity index (χ2v) is 16.1. The number of ether oxygens (including phenoxy) is 11. The van der Waals surface area contributed by atoms with Crippen molar-refractivity contribution in [3.63, 3.8) is 0 Å². The van der Waals surface area contributed by atoms with Crippen LogP contribution in [0.1, 0.15) is 37.4 Å². The van der Waals surface area contributed by atoms with Crippen molar-refractivity contribution in [1.29, 1.82) is 0 Å². The summed E-state index contributed by atoms with van der Waals surface area (Å²) in [4.78, 5) is 39.1. The summed E-state index contributed by atoms with van der Waals surface area (Å²) in [6, 6.07) is 46.4. The molecule has 354 valence electrons. The zero-order valence-corrected chi connectivity index (χ0v) is 37.5. The predicted molar refractivity (Wildman–Crippen MR) is 246 cm³/mol. The molecule has 0 radical (unpaired) electrons. The molecule has 14 nitrogen and oxygen atoms in total. The highest BCUT2D eigenvalue weighted by atomic mass is 16.7. The van der Waals surface area contributed by atoms with Gasteiger partial charge in [0.15, 0.2) is 30.8 Å². The van der Waals surface area contributed by atoms with Crippen LogP contribution in [0.5, 0.6) is 0 Å². The molecule has 3 aliphatic rings. The maximum absolute atomic E-state index is 13.2. The molecule has 3 aliphatic heterocycles. The van der Waals surface area contributed by atoms with Crippen LogP contribution in [0.3, 0.4) is 0 Å². The van der Waals surface area contributed by atoms with E-state index in [4.69, 9.17) is 52.1 Å². The van der Waals surface area contributed by atoms with Gasteiger partial charge in [-0.15, -0.1) is 0 Å². The number of hydrogen-bond donors (Lipinski definition) is 0. The van der Waals surface area contributed by atoms with Crippen molar-refractivity contribution in [2.24, 2.45) is 0 Å². The van der Waals surface area contributed by atoms with Crippen molar-refractivity contribution in [2.75, 3.05) is 26.9 Å². The van der Waals surface area contributed by atoms with E-state index in [1.165, 1.54) is 12.2 Å². The lowest BCUT2D eigenvalue weighted by Crippen LogP contribution is -2.61. The second kappa shape index (κ2) is 24.7. The summed E-state index contributed by atoms with van der Waals surface area (Å²) < 4.78 is 68.4. The van der Waals surface area contributed by atoms with Gasteiger partial charge in [0.1, 0.15) is 43.2 Å². The average molecular weight is 927 g/mol. The van der Waals surface area contributed by atoms with E-state index in [-0.39, 0.29) is 45.4 Å². The van der Waals surface area contributed by atoms with Crippen LogP contribution in [0, 0.1) is 0 Å². The fraction of sp³-hybridized carbons (Fsp3) is 0.315. The molecule has 1 saturated heterocycles. The van der Waals surface area contributed by atoms with E-state index >= 15 is 0 Å². The fourth-order valence-electron chi connectivity index (χ4n) is 7.76. The summed E-state index contributed by atoms with van der Waals surface area (Å²) in [5.74, 6) is -1.51. The van der Waals surface area contributed by atoms with Crippen molar-refractivity contribution >= 4 is 17.7 Å². The molecule has 68 heavy (non-hydrogen) atoms. The van der Waals surface area contributed by atoms with Gasteiger partial charge in [-0.2, -0.15) is 0 Å². The molecule has 0 aromatic heterocycles. The third-order valence-corrected chi connectivity index (χ3v) is 11.3. The molecule has 10 atom stereocenters. The van der Waals surface area contributed by atoms with Gasteiger partial charge in [0.2, 0.25) is 0 Å². The molecule has 0 N–H and O–H groups in total. The monoisotopic (exact) mass is 926 g/mol. The first-order chi connectivity index (χ1) is 33.4. The highest BCUT2D eigenvalue weighted by molar-refractivity contribution is 5.94. The number of benzene rings is 5. The quantitative estimate of drug-likeness (QED) is 0.0532. The van der Waals surface area contributed by atoms with E-state index < -0.39 is 73.5 Å². The Labute approximate surface area is 395 Å². The summed E-state index contributed by atoms with van der Waals surface area (Å²) in [5.41, 5.74) is 3.57. The first-order valence-corrected chi connectivity index (χ1v) is 22.5. The Morgan fingerprint density at radius 2 is 0.985 bits per heavy atom. The number of methoxy groups -OCH3 is 1. The molecule has 0 saturated carbocycles. The summed E-state index contributed by atoms with van der Waals surface area (Å²) in [5, 5.41) is 0. The van der Waals surface area contributed by atoms with Gasteiger partial charge in [-0.3, -0.25) is 4.79 Å². The minimum atomic E-state index is -1.08. The minimum absolute atomic E-state index is 0.0480. The second-order valence-electron chi connectivity index (χ2n) is 16.1. The van der Waals surface area contributed by atoms with Crippen molar-refractivity contribution < 1.29 is 66.5 Å². The Morgan fingerprint density at radius 1 is 0.485 bits per heavy atom. The number of ketones is 1. The lowest BCUT2D eigenvalue weighted by molar-refractivity contribution is -0.327. The van der Waals surface area contributed by atoms with E-state index in [2.05, 4.69) is 0 Å². The van der Waals surface area contributed by atoms with E-state index in [1.807, 2.05) is 91.0 Å². The van der Waals surface area contributed by atoms with Gasteiger partial charge in [0.25, 0.3) is 0 Å². The zero-order valence-electron chi connectivity index (χ0n) is 37.5. The third-order valence-electron chi connectivity index (χ3n) is 11.3. The van der Waals surface area contributed by atoms with Crippen molar-refractivity contribution in [3.8, 4) is 0 Å². The Balaban J connectivity index is 0.931. The Bertz CT molecular complexity index is 2380. The molecule has 14 heteroatoms. The maximum atomic E-state index is 13.2. The van der Waals surface area contributed by atoms with Crippen LogP contribution in [0.25, 0.3) is 0 Å². The lowest BCUT2D eigenvalue weighted by Gasteiger charge is -2.45. The summed E-state index contributed by atoms with van der Waals surface area (Å²) >= 11 is 0. The molecule has 0 amide bonds. The van der Waals surface area contributed by atoms with Crippen LogP contribution in [0.15, 0.2) is 176 Å². The minimum Gasteiger partial charge on any atom is -0.459 e. The van der Waals surface area contributed by atoms with Gasteiger partial charge in [-0.05, 0) is 65.3 Å². The van der Waals surface area contributed by atoms with Crippen molar-refractivity contribution in [2.45, 2.75) is 81.4 Å². The van der Waals surface area contributed by atoms with Gasteiger partial charge in [0.05, 0.1) is 44.2 Å². The number of esters is 2. The predicted octanol–water partition coefficient (Wildman–Crippen LogP) is 7.36. The number of carbonyl (C=O) groups excluding carboxylic acids is 3. The van der Waals surface area contributed by atoms with Crippen LogP contribution in [-0.2, 0) is 76.7 Å². The first kappa shape index (κ1) is 48.3. The normalized spacial score (nSPS) is 25.7. The van der Waals surface area contributed by atoms with Gasteiger partial charge in [-0.1, -0.05) is 127 Å². The molecule has 1 fully saturated rings. The van der Waals surface area contributed by atoms with Crippen LogP contribution in [-0.4, -0.2) is 106 Å². The molecule has 5 aromatic rings. The van der Waals surface area contributed by atoms with Crippen molar-refractivity contribution in [1.82, 2.24) is 0 Å². The molecule has 0 aliphatic carbocycles. The fourth-order valence-corrected chi connectivity index (χ4v) is 7.76. The van der Waals surface area contributed by atoms with Gasteiger partial charge in [0, 0.05) is 7.11 Å². The van der Waals surface area contributed by atoms with Crippen molar-refractivity contribution in [3.05, 3.63) is 204 Å². The van der Waals surface area contributed by atoms with Gasteiger partial charge >= 0.3 is 11.9 Å². The van der Waals surface area contributed by atoms with Crippen LogP contribution < -0.4 is 0 Å². The van der Waals surface area contributed by atoms with Gasteiger partial charge < -0.3 is 52.1 Å². The molecule has 5 aromatic carbocycles. The Morgan fingerprint density at radius 3 is 1.56 bits per heavy atom. The molecule has 8 rings (SSSR count). The number of rotatable bonds is 21. The first-order valence-electron chi connectivity index (χ1n) is 22.5. The molecular formula is C54H54O14. The molecule has 0 spiro atoms. The molecule has 0 unspecified atom stereocenters. The molecule has 3 heterocycles. The highest BCUT2D eigenvalue weighted by Gasteiger charge is 2.49. The van der Waals surface area contributed by atoms with E-state index in [1.54, 1.807) is 79.9 Å². The zero-order chi connectivity index (χ0) is 46.9. The smallest absolute Gasteiger partial charge is 0.338 e. The Kier molecular flexibility index (Phi) is 17.6. The van der Waals surface area contributed by atoms with E-state index in [0.29, 0.717) is 11.1 Å². The number of hydrogen-bond acceptors (Lipinski definition) is 14. The van der Waals surface area contributed by atoms with E-state index in [9.17, 15) is 14.4 Å². The topological polar surface area (TPSA) is 153 Å². The molecule has 0 bridgehead atoms. The Hall–Kier alpha value is -6.17. The third kappa shape index (κ3) is 13.5. The van der Waals surface area contributed by atoms with Crippen LogP contribution in [0.4, 0.5) is 0 Å². The summed E-state index contributed by atoms with van der Waals surface area (Å²) in [7, 11) is 1.55. The lowest BCUT2D eigenvalue weighted by atomic mass is 9.97. The standard InChI is InChI=1S/C54H54O14/c1-58-54-51(63-33-39-21-11-4-12-22-39)50(62-32-38-19-9-3-10-20-38)49(61-31-37-17-7-2-8-18-37)46(68-54)36-60-47-29-27-42(55)44(65-47)34-59-48-30-28-43(67-53(57)41-25-15-6-16-26-41)45(66-48)35-64-52(56)40-23-13-5-14-24-40/h2-30,43-51,54H,31-36H2,1H3/t43-,44+,45+,46+,47-,48-,49+,50-,51+,54-/m0/s1. The average Bonchev–Trinajstić information content (AvgIpc) is 3.39. The highest BCUT2D eigenvalue weighted by Crippen LogP contribution is 2.32. The van der Waals surface area contributed by atoms with E-state index in [0.717, 1.165) is 16.7 Å².